The number of benzene rings is 2. The Morgan fingerprint density at radius 1 is 0.852 bits per heavy atom. The molecule has 2 aromatic rings. The Hall–Kier alpha value is -2.42. The van der Waals surface area contributed by atoms with E-state index in [9.17, 15) is 0 Å². The second-order valence-electron chi connectivity index (χ2n) is 8.17. The average Bonchev–Trinajstić information content (AvgIpc) is 3.34. The van der Waals surface area contributed by atoms with Crippen LogP contribution in [-0.2, 0) is 17.6 Å². The summed E-state index contributed by atoms with van der Waals surface area (Å²) in [6, 6.07) is 21.8. The van der Waals surface area contributed by atoms with Gasteiger partial charge in [0.05, 0.1) is 17.5 Å². The molecule has 0 fully saturated rings. The van der Waals surface area contributed by atoms with Gasteiger partial charge in [-0.2, -0.15) is 0 Å². The van der Waals surface area contributed by atoms with Crippen molar-refractivity contribution in [3.63, 3.8) is 0 Å². The van der Waals surface area contributed by atoms with E-state index in [1.165, 1.54) is 16.8 Å². The lowest BCUT2D eigenvalue weighted by molar-refractivity contribution is 0.292. The molecule has 0 aliphatic carbocycles. The molecule has 2 aromatic carbocycles. The highest BCUT2D eigenvalue weighted by atomic mass is 16.5. The van der Waals surface area contributed by atoms with Crippen LogP contribution in [0.25, 0.3) is 0 Å². The zero-order chi connectivity index (χ0) is 18.7. The first-order chi connectivity index (χ1) is 13.1. The smallest absolute Gasteiger partial charge is 0.195 e. The Morgan fingerprint density at radius 3 is 2.07 bits per heavy atom. The predicted molar refractivity (Wildman–Crippen MR) is 112 cm³/mol. The molecule has 3 heteroatoms. The third-order valence-electron chi connectivity index (χ3n) is 5.65. The lowest BCUT2D eigenvalue weighted by atomic mass is 9.85. The summed E-state index contributed by atoms with van der Waals surface area (Å²) in [4.78, 5) is 9.99. The van der Waals surface area contributed by atoms with E-state index < -0.39 is 0 Å². The molecule has 2 atom stereocenters. The number of aliphatic imine (C=N–C) groups is 2. The number of hydrogen-bond acceptors (Lipinski definition) is 3. The van der Waals surface area contributed by atoms with Crippen molar-refractivity contribution < 1.29 is 4.74 Å². The van der Waals surface area contributed by atoms with E-state index in [0.717, 1.165) is 31.6 Å². The van der Waals surface area contributed by atoms with Gasteiger partial charge in [-0.15, -0.1) is 0 Å². The molecule has 2 aliphatic heterocycles. The Bertz CT molecular complexity index is 754. The van der Waals surface area contributed by atoms with E-state index in [4.69, 9.17) is 14.7 Å². The maximum atomic E-state index is 6.04. The van der Waals surface area contributed by atoms with Crippen molar-refractivity contribution in [2.24, 2.45) is 15.4 Å². The van der Waals surface area contributed by atoms with Crippen molar-refractivity contribution in [1.82, 2.24) is 0 Å². The zero-order valence-electron chi connectivity index (χ0n) is 16.3. The monoisotopic (exact) mass is 360 g/mol. The van der Waals surface area contributed by atoms with Gasteiger partial charge in [0.2, 0.25) is 0 Å². The molecule has 0 spiro atoms. The van der Waals surface area contributed by atoms with Crippen molar-refractivity contribution in [1.29, 1.82) is 0 Å². The predicted octanol–water partition coefficient (Wildman–Crippen LogP) is 4.90. The van der Waals surface area contributed by atoms with Crippen LogP contribution in [0.5, 0.6) is 0 Å². The van der Waals surface area contributed by atoms with Crippen LogP contribution >= 0.6 is 0 Å². The summed E-state index contributed by atoms with van der Waals surface area (Å²) in [6.07, 6.45) is 4.11. The van der Waals surface area contributed by atoms with Gasteiger partial charge >= 0.3 is 0 Å². The summed E-state index contributed by atoms with van der Waals surface area (Å²) in [6.45, 7) is 5.09. The molecule has 0 bridgehead atoms. The highest BCUT2D eigenvalue weighted by Crippen LogP contribution is 2.32. The lowest BCUT2D eigenvalue weighted by Gasteiger charge is -2.24. The molecule has 3 nitrogen and oxygen atoms in total. The molecule has 0 unspecified atom stereocenters. The van der Waals surface area contributed by atoms with Crippen LogP contribution < -0.4 is 0 Å². The van der Waals surface area contributed by atoms with Gasteiger partial charge in [0.15, 0.2) is 5.90 Å². The molecule has 4 rings (SSSR count). The molecule has 0 saturated heterocycles. The van der Waals surface area contributed by atoms with Crippen molar-refractivity contribution in [2.45, 2.75) is 51.6 Å². The SMILES string of the molecule is CC(C)(C1=N[C@@H](Cc2ccccc2)CC1)C1=N[C@@H](Cc2ccccc2)CO1. The highest BCUT2D eigenvalue weighted by molar-refractivity contribution is 6.09. The molecule has 0 radical (unpaired) electrons. The van der Waals surface area contributed by atoms with Crippen LogP contribution in [-0.4, -0.2) is 30.3 Å². The zero-order valence-corrected chi connectivity index (χ0v) is 16.3. The summed E-state index contributed by atoms with van der Waals surface area (Å²) in [5.41, 5.74) is 3.71. The fourth-order valence-electron chi connectivity index (χ4n) is 4.03. The molecule has 0 N–H and O–H groups in total. The number of ether oxygens (including phenoxy) is 1. The molecule has 140 valence electrons. The van der Waals surface area contributed by atoms with Crippen LogP contribution in [0.4, 0.5) is 0 Å². The van der Waals surface area contributed by atoms with E-state index in [2.05, 4.69) is 74.5 Å². The van der Waals surface area contributed by atoms with Gasteiger partial charge in [-0.3, -0.25) is 4.99 Å². The van der Waals surface area contributed by atoms with Gasteiger partial charge in [0.25, 0.3) is 0 Å². The van der Waals surface area contributed by atoms with E-state index in [-0.39, 0.29) is 11.5 Å². The maximum absolute atomic E-state index is 6.04. The summed E-state index contributed by atoms with van der Waals surface area (Å²) in [5, 5.41) is 0. The summed E-state index contributed by atoms with van der Waals surface area (Å²) in [7, 11) is 0. The minimum Gasteiger partial charge on any atom is -0.478 e. The molecular weight excluding hydrogens is 332 g/mol. The van der Waals surface area contributed by atoms with Gasteiger partial charge in [-0.1, -0.05) is 60.7 Å². The number of rotatable bonds is 6. The number of nitrogens with zero attached hydrogens (tertiary/aromatic N) is 2. The molecule has 0 amide bonds. The first-order valence-corrected chi connectivity index (χ1v) is 9.97. The van der Waals surface area contributed by atoms with Crippen LogP contribution in [0.3, 0.4) is 0 Å². The highest BCUT2D eigenvalue weighted by Gasteiger charge is 2.39. The Labute approximate surface area is 162 Å². The average molecular weight is 361 g/mol. The maximum Gasteiger partial charge on any atom is 0.195 e. The lowest BCUT2D eigenvalue weighted by Crippen LogP contribution is -2.32. The van der Waals surface area contributed by atoms with E-state index in [1.54, 1.807) is 0 Å². The van der Waals surface area contributed by atoms with Gasteiger partial charge in [0.1, 0.15) is 6.61 Å². The largest absolute Gasteiger partial charge is 0.478 e. The van der Waals surface area contributed by atoms with E-state index in [1.807, 2.05) is 0 Å². The first kappa shape index (κ1) is 18.0. The summed E-state index contributed by atoms with van der Waals surface area (Å²) >= 11 is 0. The van der Waals surface area contributed by atoms with Crippen LogP contribution in [0.1, 0.15) is 37.8 Å². The first-order valence-electron chi connectivity index (χ1n) is 9.97. The standard InChI is InChI=1S/C24H28N2O/c1-24(2,22-14-13-20(25-22)15-18-9-5-3-6-10-18)23-26-21(17-27-23)16-19-11-7-4-8-12-19/h3-12,20-21H,13-17H2,1-2H3/t20-,21+/m1/s1. The molecule has 0 aromatic heterocycles. The van der Waals surface area contributed by atoms with Gasteiger partial charge in [0, 0.05) is 5.71 Å². The van der Waals surface area contributed by atoms with Crippen molar-refractivity contribution in [3.05, 3.63) is 71.8 Å². The molecule has 2 aliphatic rings. The van der Waals surface area contributed by atoms with Crippen molar-refractivity contribution in [2.75, 3.05) is 6.61 Å². The second-order valence-corrected chi connectivity index (χ2v) is 8.17. The fraction of sp³-hybridized carbons (Fsp3) is 0.417. The van der Waals surface area contributed by atoms with E-state index in [0.29, 0.717) is 12.6 Å². The third kappa shape index (κ3) is 4.13. The van der Waals surface area contributed by atoms with Gasteiger partial charge in [-0.05, 0) is 50.7 Å². The summed E-state index contributed by atoms with van der Waals surface area (Å²) < 4.78 is 6.04. The molecule has 2 heterocycles. The minimum atomic E-state index is -0.211. The topological polar surface area (TPSA) is 34.0 Å². The fourth-order valence-corrected chi connectivity index (χ4v) is 4.03. The van der Waals surface area contributed by atoms with E-state index >= 15 is 0 Å². The quantitative estimate of drug-likeness (QED) is 0.721. The van der Waals surface area contributed by atoms with Crippen LogP contribution in [0, 0.1) is 5.41 Å². The van der Waals surface area contributed by atoms with Gasteiger partial charge in [-0.25, -0.2) is 4.99 Å². The minimum absolute atomic E-state index is 0.211. The Kier molecular flexibility index (Phi) is 5.11. The summed E-state index contributed by atoms with van der Waals surface area (Å²) in [5.74, 6) is 0.863. The number of hydrogen-bond donors (Lipinski definition) is 0. The van der Waals surface area contributed by atoms with Crippen molar-refractivity contribution in [3.8, 4) is 0 Å². The normalized spacial score (nSPS) is 22.3. The Balaban J connectivity index is 1.43. The van der Waals surface area contributed by atoms with Crippen LogP contribution in [0.15, 0.2) is 70.6 Å². The van der Waals surface area contributed by atoms with Crippen LogP contribution in [0.2, 0.25) is 0 Å². The molecular formula is C24H28N2O. The van der Waals surface area contributed by atoms with Crippen molar-refractivity contribution >= 4 is 11.6 Å². The Morgan fingerprint density at radius 2 is 1.44 bits per heavy atom. The third-order valence-corrected chi connectivity index (χ3v) is 5.65. The molecule has 0 saturated carbocycles. The van der Waals surface area contributed by atoms with Gasteiger partial charge < -0.3 is 4.74 Å². The second kappa shape index (κ2) is 7.67. The molecule has 27 heavy (non-hydrogen) atoms.